The van der Waals surface area contributed by atoms with Gasteiger partial charge in [-0.25, -0.2) is 0 Å². The van der Waals surface area contributed by atoms with Crippen molar-refractivity contribution in [2.24, 2.45) is 17.6 Å². The summed E-state index contributed by atoms with van der Waals surface area (Å²) in [7, 11) is 6.42. The number of benzene rings is 1. The Bertz CT molecular complexity index is 1210. The Kier molecular flexibility index (Phi) is 26.8. The van der Waals surface area contributed by atoms with Gasteiger partial charge < -0.3 is 36.2 Å². The van der Waals surface area contributed by atoms with Crippen LogP contribution in [0.2, 0.25) is 0 Å². The quantitative estimate of drug-likeness (QED) is 0.212. The lowest BCUT2D eigenvalue weighted by Crippen LogP contribution is -2.70. The molecular weight excluding hydrogens is 578 g/mol. The summed E-state index contributed by atoms with van der Waals surface area (Å²) < 4.78 is 0. The van der Waals surface area contributed by atoms with Crippen LogP contribution in [0.3, 0.4) is 0 Å². The molecule has 5 unspecified atom stereocenters. The van der Waals surface area contributed by atoms with Gasteiger partial charge in [0.2, 0.25) is 5.78 Å². The van der Waals surface area contributed by atoms with Crippen molar-refractivity contribution in [2.45, 2.75) is 106 Å². The van der Waals surface area contributed by atoms with E-state index in [1.54, 1.807) is 25.1 Å². The molecule has 45 heavy (non-hydrogen) atoms. The molecule has 1 aromatic rings. The number of hydrogen-bond acceptors (Lipinski definition) is 10. The van der Waals surface area contributed by atoms with Crippen molar-refractivity contribution < 1.29 is 39.9 Å². The van der Waals surface area contributed by atoms with Crippen LogP contribution in [0, 0.1) is 11.8 Å². The highest BCUT2D eigenvalue weighted by molar-refractivity contribution is 6.24. The van der Waals surface area contributed by atoms with E-state index in [9.17, 15) is 39.9 Å². The zero-order valence-electron chi connectivity index (χ0n) is 19.1. The van der Waals surface area contributed by atoms with Gasteiger partial charge in [-0.1, -0.05) is 81.7 Å². The summed E-state index contributed by atoms with van der Waals surface area (Å²) in [6.45, 7) is 0. The number of phenolic OH excluding ortho intramolecular Hbond substituents is 1. The molecule has 0 aliphatic heterocycles. The number of likely N-dealkylation sites (N-methyl/N-ethyl adjacent to an activating group) is 1. The molecule has 0 spiro atoms. The Balaban J connectivity index is -0.000000207. The van der Waals surface area contributed by atoms with Crippen LogP contribution in [0.25, 0.3) is 5.76 Å². The third kappa shape index (κ3) is 7.88. The first-order valence-corrected chi connectivity index (χ1v) is 10.6. The second-order valence-electron chi connectivity index (χ2n) is 9.40. The molecule has 0 saturated heterocycles. The minimum atomic E-state index is -2.90. The van der Waals surface area contributed by atoms with Crippen LogP contribution in [-0.4, -0.2) is 93.8 Å². The van der Waals surface area contributed by atoms with Gasteiger partial charge in [0.05, 0.1) is 23.6 Å². The fraction of sp³-hybridized carbons (Fsp3) is 0.618. The van der Waals surface area contributed by atoms with E-state index < -0.39 is 69.7 Å². The van der Waals surface area contributed by atoms with Gasteiger partial charge in [-0.15, -0.1) is 0 Å². The lowest BCUT2D eigenvalue weighted by molar-refractivity contribution is -0.168. The van der Waals surface area contributed by atoms with Gasteiger partial charge in [0.1, 0.15) is 22.8 Å². The number of nitrogens with two attached hydrogens (primary N) is 1. The van der Waals surface area contributed by atoms with E-state index in [1.165, 1.54) is 25.1 Å². The average Bonchev–Trinajstić information content (AvgIpc) is 2.73. The van der Waals surface area contributed by atoms with Gasteiger partial charge in [-0.3, -0.25) is 19.3 Å². The number of aromatic hydroxyl groups is 1. The molecule has 3 aliphatic rings. The van der Waals surface area contributed by atoms with Gasteiger partial charge in [-0.05, 0) is 38.2 Å². The second kappa shape index (κ2) is 19.9. The van der Waals surface area contributed by atoms with E-state index in [0.717, 1.165) is 0 Å². The monoisotopic (exact) mass is 650 g/mol. The standard InChI is InChI=1S/C23H27N3O8.11CH4/c1-25(2)10-5-6-11(27)12-8(10)7-9-13(18(12)29)20(31)23(34)15(17(9)28)16(26(3)4)19(30)14(21(23)32)22(24)33;;;;;;;;;;;/h5-6,9,15-17,27-29,32,34H,7H2,1-4H3,(H2,24,33);11*1H4. The van der Waals surface area contributed by atoms with Gasteiger partial charge in [0.15, 0.2) is 11.4 Å². The van der Waals surface area contributed by atoms with E-state index in [1.807, 2.05) is 0 Å². The van der Waals surface area contributed by atoms with Gasteiger partial charge in [0, 0.05) is 31.3 Å². The average molecular weight is 650 g/mol. The number of Topliss-reactive ketones (excluding diaryl/α,β-unsaturated/α-hetero) is 2. The molecule has 0 heterocycles. The van der Waals surface area contributed by atoms with Crippen LogP contribution in [-0.2, 0) is 20.8 Å². The Labute approximate surface area is 276 Å². The lowest BCUT2D eigenvalue weighted by Gasteiger charge is -2.52. The van der Waals surface area contributed by atoms with Crippen molar-refractivity contribution in [1.29, 1.82) is 0 Å². The molecule has 0 radical (unpaired) electrons. The Morgan fingerprint density at radius 2 is 1.33 bits per heavy atom. The Morgan fingerprint density at radius 3 is 1.73 bits per heavy atom. The van der Waals surface area contributed by atoms with E-state index in [0.29, 0.717) is 11.3 Å². The summed E-state index contributed by atoms with van der Waals surface area (Å²) in [5, 5.41) is 55.4. The first kappa shape index (κ1) is 60.7. The molecule has 11 heteroatoms. The number of phenols is 1. The molecule has 5 atom stereocenters. The smallest absolute Gasteiger partial charge is 0.255 e. The first-order chi connectivity index (χ1) is 15.8. The molecule has 11 nitrogen and oxygen atoms in total. The minimum Gasteiger partial charge on any atom is -0.508 e. The highest BCUT2D eigenvalue weighted by atomic mass is 16.4. The number of aliphatic hydroxyl groups excluding tert-OH is 3. The van der Waals surface area contributed by atoms with E-state index >= 15 is 0 Å². The van der Waals surface area contributed by atoms with Crippen molar-refractivity contribution in [2.75, 3.05) is 33.1 Å². The van der Waals surface area contributed by atoms with Crippen LogP contribution in [0.1, 0.15) is 92.8 Å². The molecular formula is C34H71N3O8. The number of ketones is 2. The molecule has 1 aromatic carbocycles. The van der Waals surface area contributed by atoms with Gasteiger partial charge in [0.25, 0.3) is 5.91 Å². The van der Waals surface area contributed by atoms with Crippen LogP contribution in [0.15, 0.2) is 29.0 Å². The zero-order chi connectivity index (χ0) is 25.4. The Hall–Kier alpha value is -3.41. The molecule has 3 aliphatic carbocycles. The molecule has 270 valence electrons. The maximum absolute atomic E-state index is 13.7. The molecule has 1 fully saturated rings. The summed E-state index contributed by atoms with van der Waals surface area (Å²) in [6, 6.07) is 1.60. The molecule has 0 bridgehead atoms. The van der Waals surface area contributed by atoms with Crippen molar-refractivity contribution in [3.05, 3.63) is 40.2 Å². The zero-order valence-corrected chi connectivity index (χ0v) is 19.1. The number of nitrogens with zero attached hydrogens (tertiary/aromatic N) is 2. The molecule has 4 rings (SSSR count). The molecule has 1 saturated carbocycles. The van der Waals surface area contributed by atoms with Crippen LogP contribution < -0.4 is 10.6 Å². The predicted octanol–water partition coefficient (Wildman–Crippen LogP) is 6.00. The number of primary amides is 1. The van der Waals surface area contributed by atoms with Crippen LogP contribution in [0.4, 0.5) is 5.69 Å². The van der Waals surface area contributed by atoms with Crippen molar-refractivity contribution >= 4 is 28.9 Å². The van der Waals surface area contributed by atoms with Crippen molar-refractivity contribution in [1.82, 2.24) is 4.90 Å². The third-order valence-corrected chi connectivity index (χ3v) is 7.14. The summed E-state index contributed by atoms with van der Waals surface area (Å²) in [5.74, 6) is -8.31. The third-order valence-electron chi connectivity index (χ3n) is 7.14. The summed E-state index contributed by atoms with van der Waals surface area (Å²) in [5.41, 5.74) is 2.09. The Morgan fingerprint density at radius 1 is 0.867 bits per heavy atom. The topological polar surface area (TPSA) is 185 Å². The van der Waals surface area contributed by atoms with Gasteiger partial charge in [-0.2, -0.15) is 0 Å². The van der Waals surface area contributed by atoms with Gasteiger partial charge >= 0.3 is 0 Å². The summed E-state index contributed by atoms with van der Waals surface area (Å²) >= 11 is 0. The number of aliphatic hydroxyl groups is 4. The maximum Gasteiger partial charge on any atom is 0.255 e. The van der Waals surface area contributed by atoms with E-state index in [2.05, 4.69) is 0 Å². The number of anilines is 1. The fourth-order valence-corrected chi connectivity index (χ4v) is 5.66. The highest BCUT2D eigenvalue weighted by Crippen LogP contribution is 2.53. The second-order valence-corrected chi connectivity index (χ2v) is 9.40. The number of carbonyl (C=O) groups excluding carboxylic acids is 3. The van der Waals surface area contributed by atoms with E-state index in [4.69, 9.17) is 5.73 Å². The van der Waals surface area contributed by atoms with Crippen molar-refractivity contribution in [3.8, 4) is 5.75 Å². The minimum absolute atomic E-state index is 0. The first-order valence-electron chi connectivity index (χ1n) is 10.6. The molecule has 0 aromatic heterocycles. The number of amides is 1. The summed E-state index contributed by atoms with van der Waals surface area (Å²) in [4.78, 5) is 41.9. The summed E-state index contributed by atoms with van der Waals surface area (Å²) in [6.07, 6.45) is -1.60. The van der Waals surface area contributed by atoms with E-state index in [-0.39, 0.29) is 99.4 Å². The number of fused-ring (bicyclic) bond motifs is 3. The SMILES string of the molecule is C.C.C.C.C.C.C.C.C.C.C.CN(C)c1ccc(O)c2c1CC1C(=C2O)C(=O)C2(O)C(O)=C(C(N)=O)C(=O)C(N(C)C)C2C1O. The maximum atomic E-state index is 13.7. The molecule has 1 amide bonds. The van der Waals surface area contributed by atoms with Crippen LogP contribution in [0.5, 0.6) is 5.75 Å². The highest BCUT2D eigenvalue weighted by Gasteiger charge is 2.67. The predicted molar refractivity (Wildman–Crippen MR) is 194 cm³/mol. The number of hydrogen-bond donors (Lipinski definition) is 6. The largest absolute Gasteiger partial charge is 0.508 e. The van der Waals surface area contributed by atoms with Crippen LogP contribution >= 0.6 is 0 Å². The fourth-order valence-electron chi connectivity index (χ4n) is 5.66. The molecule has 7 N–H and O–H groups in total. The normalized spacial score (nSPS) is 23.3. The van der Waals surface area contributed by atoms with Crippen molar-refractivity contribution in [3.63, 3.8) is 0 Å². The number of carbonyl (C=O) groups is 3. The lowest BCUT2D eigenvalue weighted by atomic mass is 9.56. The number of rotatable bonds is 3.